The summed E-state index contributed by atoms with van der Waals surface area (Å²) in [5, 5.41) is 3.75. The SMILES string of the molecule is COC(=O)c1nn(-c2cc(F)cc(F)c2)cc(C)c1=O. The molecule has 0 fully saturated rings. The van der Waals surface area contributed by atoms with Crippen LogP contribution >= 0.6 is 0 Å². The van der Waals surface area contributed by atoms with E-state index >= 15 is 0 Å². The fraction of sp³-hybridized carbons (Fsp3) is 0.154. The standard InChI is InChI=1S/C13H10F2N2O3/c1-7-6-17(10-4-8(14)3-9(15)5-10)16-11(12(7)18)13(19)20-2/h3-6H,1-2H3. The van der Waals surface area contributed by atoms with Crippen molar-refractivity contribution in [2.24, 2.45) is 0 Å². The fourth-order valence-electron chi connectivity index (χ4n) is 1.64. The largest absolute Gasteiger partial charge is 0.464 e. The minimum Gasteiger partial charge on any atom is -0.464 e. The normalized spacial score (nSPS) is 10.4. The van der Waals surface area contributed by atoms with Crippen LogP contribution in [0.2, 0.25) is 0 Å². The zero-order valence-corrected chi connectivity index (χ0v) is 10.7. The summed E-state index contributed by atoms with van der Waals surface area (Å²) in [5.41, 5.74) is -0.789. The van der Waals surface area contributed by atoms with Gasteiger partial charge in [0.15, 0.2) is 0 Å². The van der Waals surface area contributed by atoms with Gasteiger partial charge in [0.1, 0.15) is 11.6 Å². The van der Waals surface area contributed by atoms with Crippen molar-refractivity contribution in [2.45, 2.75) is 6.92 Å². The molecule has 20 heavy (non-hydrogen) atoms. The van der Waals surface area contributed by atoms with E-state index in [0.717, 1.165) is 23.9 Å². The number of hydrogen-bond donors (Lipinski definition) is 0. The Bertz CT molecular complexity index is 721. The van der Waals surface area contributed by atoms with Crippen molar-refractivity contribution in [1.29, 1.82) is 0 Å². The molecule has 1 heterocycles. The van der Waals surface area contributed by atoms with Gasteiger partial charge >= 0.3 is 5.97 Å². The number of halogens is 2. The van der Waals surface area contributed by atoms with Crippen LogP contribution in [0.5, 0.6) is 0 Å². The summed E-state index contributed by atoms with van der Waals surface area (Å²) in [7, 11) is 1.11. The Hall–Kier alpha value is -2.57. The number of benzene rings is 1. The number of hydrogen-bond acceptors (Lipinski definition) is 4. The van der Waals surface area contributed by atoms with Crippen LogP contribution in [0.3, 0.4) is 0 Å². The second-order valence-corrected chi connectivity index (χ2v) is 4.05. The quantitative estimate of drug-likeness (QED) is 0.784. The van der Waals surface area contributed by atoms with Gasteiger partial charge in [-0.1, -0.05) is 0 Å². The van der Waals surface area contributed by atoms with Gasteiger partial charge in [0, 0.05) is 17.8 Å². The first-order chi connectivity index (χ1) is 9.42. The lowest BCUT2D eigenvalue weighted by atomic mass is 10.2. The third-order valence-corrected chi connectivity index (χ3v) is 2.59. The molecule has 1 aromatic heterocycles. The number of aryl methyl sites for hydroxylation is 1. The molecule has 0 aliphatic rings. The average molecular weight is 280 g/mol. The van der Waals surface area contributed by atoms with Gasteiger partial charge in [0.2, 0.25) is 11.1 Å². The van der Waals surface area contributed by atoms with Crippen LogP contribution in [0.15, 0.2) is 29.2 Å². The Morgan fingerprint density at radius 2 is 1.85 bits per heavy atom. The van der Waals surface area contributed by atoms with Crippen molar-refractivity contribution in [1.82, 2.24) is 9.78 Å². The Labute approximate surface area is 112 Å². The van der Waals surface area contributed by atoms with Gasteiger partial charge in [-0.05, 0) is 19.1 Å². The Morgan fingerprint density at radius 3 is 2.40 bits per heavy atom. The highest BCUT2D eigenvalue weighted by Crippen LogP contribution is 2.12. The monoisotopic (exact) mass is 280 g/mol. The molecule has 0 N–H and O–H groups in total. The average Bonchev–Trinajstić information content (AvgIpc) is 2.39. The first kappa shape index (κ1) is 13.9. The first-order valence-electron chi connectivity index (χ1n) is 5.57. The minimum atomic E-state index is -0.913. The van der Waals surface area contributed by atoms with E-state index in [-0.39, 0.29) is 11.3 Å². The van der Waals surface area contributed by atoms with Crippen LogP contribution in [0, 0.1) is 18.6 Å². The van der Waals surface area contributed by atoms with E-state index in [1.54, 1.807) is 0 Å². The van der Waals surface area contributed by atoms with E-state index in [1.807, 2.05) is 0 Å². The van der Waals surface area contributed by atoms with Crippen molar-refractivity contribution in [2.75, 3.05) is 7.11 Å². The number of methoxy groups -OCH3 is 1. The van der Waals surface area contributed by atoms with Crippen LogP contribution in [-0.4, -0.2) is 22.9 Å². The van der Waals surface area contributed by atoms with Crippen LogP contribution in [0.4, 0.5) is 8.78 Å². The molecule has 2 rings (SSSR count). The van der Waals surface area contributed by atoms with Gasteiger partial charge in [-0.25, -0.2) is 18.3 Å². The zero-order valence-electron chi connectivity index (χ0n) is 10.7. The van der Waals surface area contributed by atoms with Crippen molar-refractivity contribution in [3.8, 4) is 5.69 Å². The Balaban J connectivity index is 2.66. The second-order valence-electron chi connectivity index (χ2n) is 4.05. The third kappa shape index (κ3) is 2.56. The molecule has 0 saturated heterocycles. The summed E-state index contributed by atoms with van der Waals surface area (Å²) in [4.78, 5) is 23.2. The maximum Gasteiger partial charge on any atom is 0.362 e. The number of rotatable bonds is 2. The van der Waals surface area contributed by atoms with E-state index in [4.69, 9.17) is 0 Å². The molecule has 0 atom stereocenters. The van der Waals surface area contributed by atoms with Gasteiger partial charge in [-0.3, -0.25) is 4.79 Å². The number of carbonyl (C=O) groups excluding carboxylic acids is 1. The third-order valence-electron chi connectivity index (χ3n) is 2.59. The molecule has 104 valence electrons. The van der Waals surface area contributed by atoms with Crippen molar-refractivity contribution < 1.29 is 18.3 Å². The summed E-state index contributed by atoms with van der Waals surface area (Å²) < 4.78 is 31.9. The number of ether oxygens (including phenoxy) is 1. The number of nitrogens with zero attached hydrogens (tertiary/aromatic N) is 2. The number of esters is 1. The summed E-state index contributed by atoms with van der Waals surface area (Å²) in [5.74, 6) is -2.50. The summed E-state index contributed by atoms with van der Waals surface area (Å²) in [6.07, 6.45) is 1.28. The molecule has 0 aliphatic heterocycles. The Kier molecular flexibility index (Phi) is 3.60. The molecule has 2 aromatic rings. The summed E-state index contributed by atoms with van der Waals surface area (Å²) in [6.45, 7) is 1.46. The molecule has 0 bridgehead atoms. The maximum atomic E-state index is 13.2. The molecular weight excluding hydrogens is 270 g/mol. The predicted octanol–water partition coefficient (Wildman–Crippen LogP) is 1.61. The van der Waals surface area contributed by atoms with E-state index in [9.17, 15) is 18.4 Å². The second kappa shape index (κ2) is 5.20. The van der Waals surface area contributed by atoms with Gasteiger partial charge in [0.05, 0.1) is 12.8 Å². The lowest BCUT2D eigenvalue weighted by Gasteiger charge is -2.08. The lowest BCUT2D eigenvalue weighted by molar-refractivity contribution is 0.0590. The van der Waals surface area contributed by atoms with Crippen LogP contribution in [0.25, 0.3) is 5.69 Å². The van der Waals surface area contributed by atoms with Crippen LogP contribution in [-0.2, 0) is 4.74 Å². The number of aromatic nitrogens is 2. The zero-order chi connectivity index (χ0) is 14.9. The molecule has 1 aromatic carbocycles. The number of carbonyl (C=O) groups is 1. The lowest BCUT2D eigenvalue weighted by Crippen LogP contribution is -2.24. The molecule has 0 aliphatic carbocycles. The van der Waals surface area contributed by atoms with Gasteiger partial charge < -0.3 is 4.74 Å². The van der Waals surface area contributed by atoms with Crippen molar-refractivity contribution in [3.63, 3.8) is 0 Å². The highest BCUT2D eigenvalue weighted by molar-refractivity contribution is 5.87. The van der Waals surface area contributed by atoms with E-state index in [1.165, 1.54) is 13.1 Å². The molecule has 0 radical (unpaired) electrons. The Morgan fingerprint density at radius 1 is 1.25 bits per heavy atom. The van der Waals surface area contributed by atoms with Gasteiger partial charge in [-0.2, -0.15) is 5.10 Å². The molecule has 5 nitrogen and oxygen atoms in total. The molecule has 0 spiro atoms. The summed E-state index contributed by atoms with van der Waals surface area (Å²) >= 11 is 0. The molecule has 0 amide bonds. The van der Waals surface area contributed by atoms with E-state index < -0.39 is 28.7 Å². The molecule has 7 heteroatoms. The topological polar surface area (TPSA) is 61.2 Å². The van der Waals surface area contributed by atoms with Gasteiger partial charge in [0.25, 0.3) is 0 Å². The van der Waals surface area contributed by atoms with Crippen molar-refractivity contribution >= 4 is 5.97 Å². The van der Waals surface area contributed by atoms with E-state index in [2.05, 4.69) is 9.84 Å². The smallest absolute Gasteiger partial charge is 0.362 e. The highest BCUT2D eigenvalue weighted by Gasteiger charge is 2.16. The van der Waals surface area contributed by atoms with E-state index in [0.29, 0.717) is 6.07 Å². The van der Waals surface area contributed by atoms with Crippen LogP contribution < -0.4 is 5.43 Å². The predicted molar refractivity (Wildman–Crippen MR) is 65.8 cm³/mol. The molecular formula is C13H10F2N2O3. The minimum absolute atomic E-state index is 0.0516. The first-order valence-corrected chi connectivity index (χ1v) is 5.57. The highest BCUT2D eigenvalue weighted by atomic mass is 19.1. The maximum absolute atomic E-state index is 13.2. The molecule has 0 saturated carbocycles. The summed E-state index contributed by atoms with van der Waals surface area (Å²) in [6, 6.07) is 2.77. The molecule has 0 unspecified atom stereocenters. The van der Waals surface area contributed by atoms with Crippen LogP contribution in [0.1, 0.15) is 16.1 Å². The fourth-order valence-corrected chi connectivity index (χ4v) is 1.64. The van der Waals surface area contributed by atoms with Crippen molar-refractivity contribution in [3.05, 3.63) is 57.5 Å². The van der Waals surface area contributed by atoms with Gasteiger partial charge in [-0.15, -0.1) is 0 Å².